The van der Waals surface area contributed by atoms with E-state index in [0.717, 1.165) is 25.7 Å². The molecule has 0 heterocycles. The third-order valence-electron chi connectivity index (χ3n) is 1.33. The largest absolute Gasteiger partial charge is 1.00 e. The summed E-state index contributed by atoms with van der Waals surface area (Å²) in [5.74, 6) is 0. The maximum atomic E-state index is 10.7. The minimum atomic E-state index is -0.296. The van der Waals surface area contributed by atoms with E-state index in [0.29, 0.717) is 0 Å². The Hall–Kier alpha value is 0.960. The van der Waals surface area contributed by atoms with Crippen LogP contribution >= 0.6 is 0 Å². The van der Waals surface area contributed by atoms with E-state index >= 15 is 0 Å². The van der Waals surface area contributed by atoms with Crippen molar-refractivity contribution in [3.8, 4) is 0 Å². The fourth-order valence-corrected chi connectivity index (χ4v) is 0.636. The molecular formula is C7H15NaO. The van der Waals surface area contributed by atoms with E-state index in [1.807, 2.05) is 6.92 Å². The van der Waals surface area contributed by atoms with Crippen LogP contribution in [0.15, 0.2) is 0 Å². The summed E-state index contributed by atoms with van der Waals surface area (Å²) in [6.45, 7) is 4.07. The Morgan fingerprint density at radius 2 is 1.89 bits per heavy atom. The Kier molecular flexibility index (Phi) is 12.6. The first kappa shape index (κ1) is 12.6. The topological polar surface area (TPSA) is 23.1 Å². The Labute approximate surface area is 80.1 Å². The molecule has 0 N–H and O–H groups in total. The summed E-state index contributed by atoms with van der Waals surface area (Å²) in [5, 5.41) is 10.7. The molecule has 9 heavy (non-hydrogen) atoms. The van der Waals surface area contributed by atoms with Crippen molar-refractivity contribution in [2.75, 3.05) is 0 Å². The Bertz CT molecular complexity index is 48.2. The maximum Gasteiger partial charge on any atom is 1.00 e. The molecule has 0 aromatic rings. The van der Waals surface area contributed by atoms with Gasteiger partial charge in [0.1, 0.15) is 0 Å². The van der Waals surface area contributed by atoms with Gasteiger partial charge in [0.25, 0.3) is 0 Å². The van der Waals surface area contributed by atoms with Crippen molar-refractivity contribution in [1.82, 2.24) is 0 Å². The van der Waals surface area contributed by atoms with Gasteiger partial charge in [-0.3, -0.25) is 0 Å². The first-order valence-corrected chi connectivity index (χ1v) is 3.47. The summed E-state index contributed by atoms with van der Waals surface area (Å²) in [6.07, 6.45) is 3.61. The predicted octanol–water partition coefficient (Wildman–Crippen LogP) is -1.68. The second-order valence-corrected chi connectivity index (χ2v) is 2.17. The van der Waals surface area contributed by atoms with Crippen molar-refractivity contribution in [3.05, 3.63) is 0 Å². The van der Waals surface area contributed by atoms with E-state index in [-0.39, 0.29) is 35.7 Å². The molecule has 0 saturated heterocycles. The molecule has 0 bridgehead atoms. The minimum Gasteiger partial charge on any atom is -0.852 e. The molecule has 0 saturated carbocycles. The molecule has 1 atom stereocenters. The van der Waals surface area contributed by atoms with Crippen LogP contribution in [0.2, 0.25) is 0 Å². The Balaban J connectivity index is 0. The first-order chi connectivity index (χ1) is 3.81. The van der Waals surface area contributed by atoms with Gasteiger partial charge in [-0.2, -0.15) is 0 Å². The van der Waals surface area contributed by atoms with Crippen molar-refractivity contribution in [1.29, 1.82) is 0 Å². The zero-order valence-corrected chi connectivity index (χ0v) is 8.81. The Morgan fingerprint density at radius 1 is 1.33 bits per heavy atom. The van der Waals surface area contributed by atoms with Gasteiger partial charge in [-0.15, -0.1) is 6.10 Å². The third-order valence-corrected chi connectivity index (χ3v) is 1.33. The SMILES string of the molecule is CCCCC([O-])CC.[Na+]. The van der Waals surface area contributed by atoms with Crippen molar-refractivity contribution < 1.29 is 34.7 Å². The van der Waals surface area contributed by atoms with Crippen molar-refractivity contribution >= 4 is 0 Å². The molecule has 1 unspecified atom stereocenters. The van der Waals surface area contributed by atoms with Crippen LogP contribution in [0.5, 0.6) is 0 Å². The first-order valence-electron chi connectivity index (χ1n) is 3.47. The number of unbranched alkanes of at least 4 members (excludes halogenated alkanes) is 1. The van der Waals surface area contributed by atoms with E-state index in [4.69, 9.17) is 0 Å². The summed E-state index contributed by atoms with van der Waals surface area (Å²) in [7, 11) is 0. The molecule has 0 aliphatic rings. The quantitative estimate of drug-likeness (QED) is 0.425. The summed E-state index contributed by atoms with van der Waals surface area (Å²) in [6, 6.07) is 0. The third kappa shape index (κ3) is 8.96. The van der Waals surface area contributed by atoms with Crippen LogP contribution in [-0.2, 0) is 0 Å². The van der Waals surface area contributed by atoms with Gasteiger partial charge in [0.15, 0.2) is 0 Å². The van der Waals surface area contributed by atoms with E-state index in [1.54, 1.807) is 0 Å². The molecular weight excluding hydrogens is 123 g/mol. The normalized spacial score (nSPS) is 12.3. The van der Waals surface area contributed by atoms with Crippen molar-refractivity contribution in [2.24, 2.45) is 0 Å². The predicted molar refractivity (Wildman–Crippen MR) is 33.6 cm³/mol. The molecule has 0 spiro atoms. The van der Waals surface area contributed by atoms with E-state index < -0.39 is 0 Å². The number of rotatable bonds is 4. The van der Waals surface area contributed by atoms with E-state index in [2.05, 4.69) is 6.92 Å². The second-order valence-electron chi connectivity index (χ2n) is 2.17. The zero-order chi connectivity index (χ0) is 6.41. The van der Waals surface area contributed by atoms with E-state index in [1.165, 1.54) is 0 Å². The Morgan fingerprint density at radius 3 is 2.22 bits per heavy atom. The average molecular weight is 138 g/mol. The minimum absolute atomic E-state index is 0. The van der Waals surface area contributed by atoms with Gasteiger partial charge in [0.2, 0.25) is 0 Å². The van der Waals surface area contributed by atoms with Gasteiger partial charge in [0, 0.05) is 0 Å². The second kappa shape index (κ2) is 8.96. The molecule has 0 radical (unpaired) electrons. The van der Waals surface area contributed by atoms with Crippen LogP contribution in [0, 0.1) is 0 Å². The molecule has 0 rings (SSSR count). The molecule has 0 aliphatic heterocycles. The molecule has 2 heteroatoms. The van der Waals surface area contributed by atoms with Gasteiger partial charge >= 0.3 is 29.6 Å². The van der Waals surface area contributed by atoms with Gasteiger partial charge in [-0.1, -0.05) is 39.5 Å². The molecule has 0 aromatic carbocycles. The summed E-state index contributed by atoms with van der Waals surface area (Å²) >= 11 is 0. The standard InChI is InChI=1S/C7H15O.Na/c1-3-5-6-7(8)4-2;/h7H,3-6H2,1-2H3;/q-1;+1. The molecule has 0 fully saturated rings. The monoisotopic (exact) mass is 138 g/mol. The smallest absolute Gasteiger partial charge is 0.852 e. The molecule has 50 valence electrons. The molecule has 0 aliphatic carbocycles. The van der Waals surface area contributed by atoms with Crippen LogP contribution < -0.4 is 34.7 Å². The molecule has 0 amide bonds. The van der Waals surface area contributed by atoms with Crippen molar-refractivity contribution in [3.63, 3.8) is 0 Å². The van der Waals surface area contributed by atoms with Gasteiger partial charge in [-0.05, 0) is 0 Å². The zero-order valence-electron chi connectivity index (χ0n) is 6.81. The summed E-state index contributed by atoms with van der Waals surface area (Å²) in [4.78, 5) is 0. The summed E-state index contributed by atoms with van der Waals surface area (Å²) in [5.41, 5.74) is 0. The molecule has 0 aromatic heterocycles. The fraction of sp³-hybridized carbons (Fsp3) is 1.00. The van der Waals surface area contributed by atoms with Crippen LogP contribution in [0.3, 0.4) is 0 Å². The fourth-order valence-electron chi connectivity index (χ4n) is 0.636. The van der Waals surface area contributed by atoms with Gasteiger partial charge in [0.05, 0.1) is 0 Å². The summed E-state index contributed by atoms with van der Waals surface area (Å²) < 4.78 is 0. The van der Waals surface area contributed by atoms with Crippen LogP contribution in [0.25, 0.3) is 0 Å². The average Bonchev–Trinajstić information content (AvgIpc) is 1.83. The number of hydrogen-bond donors (Lipinski definition) is 0. The van der Waals surface area contributed by atoms with Crippen LogP contribution in [-0.4, -0.2) is 6.10 Å². The van der Waals surface area contributed by atoms with E-state index in [9.17, 15) is 5.11 Å². The maximum absolute atomic E-state index is 10.7. The number of hydrogen-bond acceptors (Lipinski definition) is 1. The van der Waals surface area contributed by atoms with Crippen LogP contribution in [0.4, 0.5) is 0 Å². The van der Waals surface area contributed by atoms with Crippen LogP contribution in [0.1, 0.15) is 39.5 Å². The molecule has 1 nitrogen and oxygen atoms in total. The van der Waals surface area contributed by atoms with Crippen molar-refractivity contribution in [2.45, 2.75) is 45.6 Å². The van der Waals surface area contributed by atoms with Gasteiger partial charge < -0.3 is 5.11 Å². The van der Waals surface area contributed by atoms with Gasteiger partial charge in [-0.25, -0.2) is 0 Å².